The first kappa shape index (κ1) is 19.5. The minimum Gasteiger partial charge on any atom is -0.377 e. The Morgan fingerprint density at radius 2 is 1.08 bits per heavy atom. The number of allylic oxidation sites excluding steroid dienone is 6. The highest BCUT2D eigenvalue weighted by Gasteiger charge is 2.02. The summed E-state index contributed by atoms with van der Waals surface area (Å²) in [5.41, 5.74) is 1.55. The van der Waals surface area contributed by atoms with Crippen LogP contribution in [0.25, 0.3) is 0 Å². The molecule has 0 aromatic carbocycles. The van der Waals surface area contributed by atoms with Gasteiger partial charge in [0, 0.05) is 37.9 Å². The number of ether oxygens (including phenoxy) is 2. The molecule has 0 N–H and O–H groups in total. The van der Waals surface area contributed by atoms with Gasteiger partial charge in [-0.2, -0.15) is 0 Å². The van der Waals surface area contributed by atoms with Crippen molar-refractivity contribution >= 4 is 0 Å². The second-order valence-electron chi connectivity index (χ2n) is 5.43. The van der Waals surface area contributed by atoms with Gasteiger partial charge in [-0.15, -0.1) is 9.81 Å². The van der Waals surface area contributed by atoms with Gasteiger partial charge >= 0.3 is 0 Å². The molecule has 0 saturated heterocycles. The summed E-state index contributed by atoms with van der Waals surface area (Å²) in [6.07, 6.45) is 17.3. The third kappa shape index (κ3) is 7.37. The maximum Gasteiger partial charge on any atom is 0.0788 e. The average Bonchev–Trinajstić information content (AvgIpc) is 2.67. The number of hydrogen-bond acceptors (Lipinski definition) is 8. The van der Waals surface area contributed by atoms with Crippen molar-refractivity contribution in [2.75, 3.05) is 39.5 Å². The summed E-state index contributed by atoms with van der Waals surface area (Å²) >= 11 is 0. The molecule has 2 aliphatic heterocycles. The highest BCUT2D eigenvalue weighted by Crippen LogP contribution is 2.09. The van der Waals surface area contributed by atoms with Gasteiger partial charge < -0.3 is 19.3 Å². The zero-order chi connectivity index (χ0) is 18.5. The fourth-order valence-corrected chi connectivity index (χ4v) is 2.19. The van der Waals surface area contributed by atoms with Gasteiger partial charge in [0.15, 0.2) is 0 Å². The van der Waals surface area contributed by atoms with E-state index in [1.54, 1.807) is 0 Å². The molecule has 0 unspecified atom stereocenters. The molecule has 0 fully saturated rings. The smallest absolute Gasteiger partial charge is 0.0788 e. The van der Waals surface area contributed by atoms with Crippen LogP contribution in [0, 0.1) is 9.81 Å². The monoisotopic (exact) mass is 358 g/mol. The van der Waals surface area contributed by atoms with Gasteiger partial charge in [-0.1, -0.05) is 0 Å². The second kappa shape index (κ2) is 11.7. The summed E-state index contributed by atoms with van der Waals surface area (Å²) in [4.78, 5) is 24.2. The number of rotatable bonds is 11. The Kier molecular flexibility index (Phi) is 8.74. The molecule has 0 radical (unpaired) electrons. The molecular formula is C18H22N4O4. The molecule has 0 aliphatic carbocycles. The van der Waals surface area contributed by atoms with Crippen LogP contribution in [0.3, 0.4) is 0 Å². The van der Waals surface area contributed by atoms with E-state index in [1.807, 2.05) is 58.9 Å². The average molecular weight is 358 g/mol. The summed E-state index contributed by atoms with van der Waals surface area (Å²) in [6, 6.07) is 0. The van der Waals surface area contributed by atoms with E-state index in [0.717, 1.165) is 24.2 Å². The van der Waals surface area contributed by atoms with Crippen molar-refractivity contribution in [3.63, 3.8) is 0 Å². The van der Waals surface area contributed by atoms with Crippen molar-refractivity contribution in [2.45, 2.75) is 0 Å². The Morgan fingerprint density at radius 1 is 0.692 bits per heavy atom. The van der Waals surface area contributed by atoms with Crippen molar-refractivity contribution in [1.29, 1.82) is 0 Å². The maximum absolute atomic E-state index is 10.1. The summed E-state index contributed by atoms with van der Waals surface area (Å²) in [6.45, 7) is 3.68. The van der Waals surface area contributed by atoms with Gasteiger partial charge in [-0.3, -0.25) is 0 Å². The maximum atomic E-state index is 10.1. The molecule has 0 aromatic heterocycles. The zero-order valence-corrected chi connectivity index (χ0v) is 14.4. The summed E-state index contributed by atoms with van der Waals surface area (Å²) in [5, 5.41) is 5.47. The van der Waals surface area contributed by atoms with Crippen molar-refractivity contribution in [2.24, 2.45) is 10.4 Å². The quantitative estimate of drug-likeness (QED) is 0.417. The van der Waals surface area contributed by atoms with Gasteiger partial charge in [-0.25, -0.2) is 0 Å². The van der Waals surface area contributed by atoms with Crippen LogP contribution in [-0.4, -0.2) is 49.3 Å². The molecule has 0 aromatic rings. The zero-order valence-electron chi connectivity index (χ0n) is 14.4. The Labute approximate surface area is 152 Å². The predicted octanol–water partition coefficient (Wildman–Crippen LogP) is 3.01. The van der Waals surface area contributed by atoms with Crippen molar-refractivity contribution in [3.8, 4) is 0 Å². The molecule has 0 saturated carbocycles. The number of hydrogen-bond donors (Lipinski definition) is 0. The molecule has 0 atom stereocenters. The second-order valence-corrected chi connectivity index (χ2v) is 5.43. The Morgan fingerprint density at radius 3 is 1.42 bits per heavy atom. The fraction of sp³-hybridized carbons (Fsp3) is 0.333. The van der Waals surface area contributed by atoms with Crippen molar-refractivity contribution < 1.29 is 9.47 Å². The van der Waals surface area contributed by atoms with Gasteiger partial charge in [0.25, 0.3) is 0 Å². The molecule has 138 valence electrons. The predicted molar refractivity (Wildman–Crippen MR) is 99.4 cm³/mol. The van der Waals surface area contributed by atoms with Crippen LogP contribution in [0.2, 0.25) is 0 Å². The summed E-state index contributed by atoms with van der Waals surface area (Å²) < 4.78 is 11.1. The highest BCUT2D eigenvalue weighted by atomic mass is 16.5. The minimum atomic E-state index is 0.533. The molecule has 2 rings (SSSR count). The van der Waals surface area contributed by atoms with Gasteiger partial charge in [0.2, 0.25) is 0 Å². The lowest BCUT2D eigenvalue weighted by molar-refractivity contribution is 0.0421. The molecule has 0 spiro atoms. The third-order valence-electron chi connectivity index (χ3n) is 3.60. The number of nitrogens with zero attached hydrogens (tertiary/aromatic N) is 4. The molecule has 8 heteroatoms. The summed E-state index contributed by atoms with van der Waals surface area (Å²) in [7, 11) is 0. The van der Waals surface area contributed by atoms with Crippen LogP contribution in [-0.2, 0) is 9.47 Å². The lowest BCUT2D eigenvalue weighted by atomic mass is 10.2. The normalized spacial score (nSPS) is 15.5. The standard InChI is InChI=1S/C18H22N4O4/c23-19-15-17-1-5-21(6-2-17)9-11-25-13-14-26-12-10-22-7-3-18(4-8-22)16-20-24/h1-8,15-16H,9-14H2. The fourth-order valence-electron chi connectivity index (χ4n) is 2.19. The van der Waals surface area contributed by atoms with Crippen LogP contribution in [0.5, 0.6) is 0 Å². The van der Waals surface area contributed by atoms with Crippen molar-refractivity contribution in [3.05, 3.63) is 82.5 Å². The van der Waals surface area contributed by atoms with Crippen LogP contribution in [0.15, 0.2) is 83.0 Å². The highest BCUT2D eigenvalue weighted by molar-refractivity contribution is 5.33. The van der Waals surface area contributed by atoms with E-state index in [1.165, 1.54) is 12.4 Å². The molecule has 2 heterocycles. The molecule has 0 bridgehead atoms. The van der Waals surface area contributed by atoms with Crippen molar-refractivity contribution in [1.82, 2.24) is 9.80 Å². The number of nitroso groups, excluding NO2 is 2. The van der Waals surface area contributed by atoms with Gasteiger partial charge in [-0.05, 0) is 45.8 Å². The van der Waals surface area contributed by atoms with Crippen LogP contribution in [0.4, 0.5) is 0 Å². The van der Waals surface area contributed by atoms with E-state index < -0.39 is 0 Å². The lowest BCUT2D eigenvalue weighted by Gasteiger charge is -2.19. The lowest BCUT2D eigenvalue weighted by Crippen LogP contribution is -2.21. The third-order valence-corrected chi connectivity index (χ3v) is 3.60. The molecule has 0 amide bonds. The Balaban J connectivity index is 1.46. The largest absolute Gasteiger partial charge is 0.377 e. The molecule has 8 nitrogen and oxygen atoms in total. The van der Waals surface area contributed by atoms with E-state index in [4.69, 9.17) is 9.47 Å². The first-order chi connectivity index (χ1) is 12.8. The van der Waals surface area contributed by atoms with Crippen LogP contribution >= 0.6 is 0 Å². The van der Waals surface area contributed by atoms with Crippen LogP contribution in [0.1, 0.15) is 0 Å². The first-order valence-corrected chi connectivity index (χ1v) is 8.27. The van der Waals surface area contributed by atoms with Crippen LogP contribution < -0.4 is 0 Å². The van der Waals surface area contributed by atoms with E-state index >= 15 is 0 Å². The molecule has 2 aliphatic rings. The van der Waals surface area contributed by atoms with E-state index in [-0.39, 0.29) is 0 Å². The van der Waals surface area contributed by atoms with Gasteiger partial charge in [0.1, 0.15) is 0 Å². The topological polar surface area (TPSA) is 83.8 Å². The van der Waals surface area contributed by atoms with Gasteiger partial charge in [0.05, 0.1) is 38.8 Å². The SMILES string of the molecule is O=NC=C1C=CN(CCOCCOCCN2C=CC(=CN=O)C=C2)C=C1. The first-order valence-electron chi connectivity index (χ1n) is 8.27. The Hall–Kier alpha value is -2.84. The molecule has 26 heavy (non-hydrogen) atoms. The Bertz CT molecular complexity index is 562. The minimum absolute atomic E-state index is 0.533. The van der Waals surface area contributed by atoms with E-state index in [2.05, 4.69) is 10.4 Å². The summed E-state index contributed by atoms with van der Waals surface area (Å²) in [5.74, 6) is 0. The van der Waals surface area contributed by atoms with E-state index in [9.17, 15) is 9.81 Å². The van der Waals surface area contributed by atoms with E-state index in [0.29, 0.717) is 26.4 Å². The molecular weight excluding hydrogens is 336 g/mol.